The van der Waals surface area contributed by atoms with Gasteiger partial charge in [-0.15, -0.1) is 11.3 Å². The molecule has 0 bridgehead atoms. The van der Waals surface area contributed by atoms with E-state index in [-0.39, 0.29) is 0 Å². The molecule has 0 atom stereocenters. The molecule has 2 aromatic heterocycles. The van der Waals surface area contributed by atoms with Gasteiger partial charge in [0.05, 0.1) is 6.54 Å². The van der Waals surface area contributed by atoms with E-state index in [0.717, 1.165) is 37.7 Å². The number of hydrogen-bond donors (Lipinski definition) is 1. The third-order valence-electron chi connectivity index (χ3n) is 3.11. The maximum absolute atomic E-state index is 5.78. The van der Waals surface area contributed by atoms with Crippen LogP contribution in [0.4, 0.5) is 0 Å². The number of rotatable bonds is 7. The molecule has 0 radical (unpaired) electrons. The van der Waals surface area contributed by atoms with E-state index in [0.29, 0.717) is 0 Å². The lowest BCUT2D eigenvalue weighted by Gasteiger charge is -2.14. The largest absolute Gasteiger partial charge is 0.465 e. The molecule has 1 N–H and O–H groups in total. The summed E-state index contributed by atoms with van der Waals surface area (Å²) in [6, 6.07) is 4.35. The third kappa shape index (κ3) is 4.45. The molecule has 0 unspecified atom stereocenters. The van der Waals surface area contributed by atoms with Crippen LogP contribution in [0.5, 0.6) is 0 Å². The van der Waals surface area contributed by atoms with Crippen molar-refractivity contribution in [1.82, 2.24) is 10.2 Å². The third-order valence-corrected chi connectivity index (χ3v) is 4.79. The van der Waals surface area contributed by atoms with Crippen LogP contribution in [-0.2, 0) is 19.6 Å². The molecule has 0 fully saturated rings. The normalized spacial score (nSPS) is 11.4. The van der Waals surface area contributed by atoms with Crippen molar-refractivity contribution in [2.45, 2.75) is 33.5 Å². The van der Waals surface area contributed by atoms with Crippen LogP contribution in [0.25, 0.3) is 0 Å². The first kappa shape index (κ1) is 15.8. The summed E-state index contributed by atoms with van der Waals surface area (Å²) in [5.41, 5.74) is 1.27. The molecule has 0 aliphatic rings. The van der Waals surface area contributed by atoms with Crippen LogP contribution in [0.1, 0.15) is 28.9 Å². The monoisotopic (exact) mass is 356 g/mol. The number of thiophene rings is 1. The zero-order chi connectivity index (χ0) is 14.5. The van der Waals surface area contributed by atoms with Crippen LogP contribution in [0.3, 0.4) is 0 Å². The van der Waals surface area contributed by atoms with Crippen LogP contribution >= 0.6 is 27.3 Å². The number of nitrogens with one attached hydrogen (secondary N) is 1. The van der Waals surface area contributed by atoms with Crippen molar-refractivity contribution in [3.8, 4) is 0 Å². The highest BCUT2D eigenvalue weighted by Gasteiger charge is 2.10. The molecular formula is C15H21BrN2OS. The Morgan fingerprint density at radius 1 is 1.35 bits per heavy atom. The number of aryl methyl sites for hydroxylation is 1. The fourth-order valence-electron chi connectivity index (χ4n) is 2.13. The number of furan rings is 1. The second kappa shape index (κ2) is 7.41. The fourth-order valence-corrected chi connectivity index (χ4v) is 3.66. The van der Waals surface area contributed by atoms with Gasteiger partial charge < -0.3 is 9.73 Å². The SMILES string of the molecule is CCNCc1cc(CN(C)Cc2cc(Br)cs2)c(C)o1. The van der Waals surface area contributed by atoms with Crippen molar-refractivity contribution in [2.24, 2.45) is 0 Å². The van der Waals surface area contributed by atoms with E-state index in [9.17, 15) is 0 Å². The van der Waals surface area contributed by atoms with Crippen molar-refractivity contribution in [3.63, 3.8) is 0 Å². The molecule has 110 valence electrons. The summed E-state index contributed by atoms with van der Waals surface area (Å²) in [7, 11) is 2.14. The molecular weight excluding hydrogens is 336 g/mol. The quantitative estimate of drug-likeness (QED) is 0.807. The van der Waals surface area contributed by atoms with Gasteiger partial charge in [0.2, 0.25) is 0 Å². The Balaban J connectivity index is 1.93. The maximum Gasteiger partial charge on any atom is 0.118 e. The Bertz CT molecular complexity index is 550. The molecule has 20 heavy (non-hydrogen) atoms. The van der Waals surface area contributed by atoms with Crippen molar-refractivity contribution in [1.29, 1.82) is 0 Å². The van der Waals surface area contributed by atoms with E-state index >= 15 is 0 Å². The van der Waals surface area contributed by atoms with Crippen LogP contribution in [0.2, 0.25) is 0 Å². The standard InChI is InChI=1S/C15H21BrN2OS/c1-4-17-7-14-5-12(11(2)19-14)8-18(3)9-15-6-13(16)10-20-15/h5-6,10,17H,4,7-9H2,1-3H3. The second-order valence-corrected chi connectivity index (χ2v) is 6.89. The molecule has 0 saturated heterocycles. The van der Waals surface area contributed by atoms with Gasteiger partial charge in [-0.1, -0.05) is 6.92 Å². The molecule has 0 aliphatic carbocycles. The zero-order valence-corrected chi connectivity index (χ0v) is 14.6. The van der Waals surface area contributed by atoms with E-state index in [1.165, 1.54) is 14.9 Å². The van der Waals surface area contributed by atoms with E-state index < -0.39 is 0 Å². The summed E-state index contributed by atoms with van der Waals surface area (Å²) in [5.74, 6) is 2.05. The lowest BCUT2D eigenvalue weighted by atomic mass is 10.2. The number of halogens is 1. The Labute approximate surface area is 133 Å². The first-order valence-electron chi connectivity index (χ1n) is 6.78. The highest BCUT2D eigenvalue weighted by Crippen LogP contribution is 2.22. The van der Waals surface area contributed by atoms with Gasteiger partial charge in [-0.2, -0.15) is 0 Å². The molecule has 5 heteroatoms. The van der Waals surface area contributed by atoms with E-state index in [4.69, 9.17) is 4.42 Å². The van der Waals surface area contributed by atoms with E-state index in [2.05, 4.69) is 57.6 Å². The minimum atomic E-state index is 0.804. The Morgan fingerprint density at radius 3 is 2.80 bits per heavy atom. The highest BCUT2D eigenvalue weighted by atomic mass is 79.9. The smallest absolute Gasteiger partial charge is 0.118 e. The summed E-state index contributed by atoms with van der Waals surface area (Å²) in [4.78, 5) is 3.68. The predicted octanol–water partition coefficient (Wildman–Crippen LogP) is 4.15. The second-order valence-electron chi connectivity index (χ2n) is 4.98. The summed E-state index contributed by atoms with van der Waals surface area (Å²) < 4.78 is 6.94. The highest BCUT2D eigenvalue weighted by molar-refractivity contribution is 9.10. The number of nitrogens with zero attached hydrogens (tertiary/aromatic N) is 1. The van der Waals surface area contributed by atoms with Crippen LogP contribution < -0.4 is 5.32 Å². The summed E-state index contributed by atoms with van der Waals surface area (Å²) in [6.45, 7) is 7.78. The van der Waals surface area contributed by atoms with Gasteiger partial charge in [0.15, 0.2) is 0 Å². The van der Waals surface area contributed by atoms with Gasteiger partial charge in [0, 0.05) is 33.4 Å². The summed E-state index contributed by atoms with van der Waals surface area (Å²) in [5, 5.41) is 5.42. The first-order valence-corrected chi connectivity index (χ1v) is 8.46. The molecule has 0 aliphatic heterocycles. The minimum Gasteiger partial charge on any atom is -0.465 e. The Kier molecular flexibility index (Phi) is 5.84. The van der Waals surface area contributed by atoms with Crippen molar-refractivity contribution < 1.29 is 4.42 Å². The lowest BCUT2D eigenvalue weighted by Crippen LogP contribution is -2.16. The Morgan fingerprint density at radius 2 is 2.15 bits per heavy atom. The van der Waals surface area contributed by atoms with Gasteiger partial charge >= 0.3 is 0 Å². The van der Waals surface area contributed by atoms with Gasteiger partial charge in [0.25, 0.3) is 0 Å². The first-order chi connectivity index (χ1) is 9.58. The van der Waals surface area contributed by atoms with E-state index in [1.54, 1.807) is 11.3 Å². The zero-order valence-electron chi connectivity index (χ0n) is 12.2. The van der Waals surface area contributed by atoms with Crippen molar-refractivity contribution in [2.75, 3.05) is 13.6 Å². The summed E-state index contributed by atoms with van der Waals surface area (Å²) >= 11 is 5.28. The molecule has 0 aromatic carbocycles. The van der Waals surface area contributed by atoms with Gasteiger partial charge in [-0.25, -0.2) is 0 Å². The maximum atomic E-state index is 5.78. The Hall–Kier alpha value is -0.620. The molecule has 0 saturated carbocycles. The minimum absolute atomic E-state index is 0.804. The van der Waals surface area contributed by atoms with Gasteiger partial charge in [0.1, 0.15) is 11.5 Å². The summed E-state index contributed by atoms with van der Waals surface area (Å²) in [6.07, 6.45) is 0. The van der Waals surface area contributed by atoms with Gasteiger partial charge in [-0.3, -0.25) is 4.90 Å². The molecule has 2 rings (SSSR count). The van der Waals surface area contributed by atoms with Crippen LogP contribution in [0, 0.1) is 6.92 Å². The average molecular weight is 357 g/mol. The number of hydrogen-bond acceptors (Lipinski definition) is 4. The van der Waals surface area contributed by atoms with Crippen molar-refractivity contribution >= 4 is 27.3 Å². The molecule has 3 nitrogen and oxygen atoms in total. The van der Waals surface area contributed by atoms with Crippen LogP contribution in [-0.4, -0.2) is 18.5 Å². The lowest BCUT2D eigenvalue weighted by molar-refractivity contribution is 0.319. The topological polar surface area (TPSA) is 28.4 Å². The van der Waals surface area contributed by atoms with Crippen molar-refractivity contribution in [3.05, 3.63) is 43.9 Å². The molecule has 2 aromatic rings. The average Bonchev–Trinajstić information content (AvgIpc) is 2.94. The van der Waals surface area contributed by atoms with Gasteiger partial charge in [-0.05, 0) is 48.6 Å². The van der Waals surface area contributed by atoms with E-state index in [1.807, 2.05) is 6.92 Å². The molecule has 0 spiro atoms. The predicted molar refractivity (Wildman–Crippen MR) is 88.0 cm³/mol. The fraction of sp³-hybridized carbons (Fsp3) is 0.467. The molecule has 2 heterocycles. The molecule has 0 amide bonds. The van der Waals surface area contributed by atoms with Crippen LogP contribution in [0.15, 0.2) is 26.4 Å².